The highest BCUT2D eigenvalue weighted by molar-refractivity contribution is 9.10. The molecule has 3 nitrogen and oxygen atoms in total. The minimum atomic E-state index is -0.430. The van der Waals surface area contributed by atoms with Crippen LogP contribution in [0.1, 0.15) is 5.56 Å². The normalized spacial score (nSPS) is 10.4. The second-order valence-corrected chi connectivity index (χ2v) is 3.42. The molecule has 0 heterocycles. The number of aromatic hydroxyl groups is 1. The van der Waals surface area contributed by atoms with Gasteiger partial charge in [-0.2, -0.15) is 0 Å². The number of ether oxygens (including phenoxy) is 1. The van der Waals surface area contributed by atoms with Crippen molar-refractivity contribution in [3.63, 3.8) is 0 Å². The summed E-state index contributed by atoms with van der Waals surface area (Å²) in [5, 5.41) is 9.19. The van der Waals surface area contributed by atoms with Crippen molar-refractivity contribution < 1.29 is 14.6 Å². The Morgan fingerprint density at radius 1 is 1.57 bits per heavy atom. The topological polar surface area (TPSA) is 46.5 Å². The van der Waals surface area contributed by atoms with Gasteiger partial charge in [-0.1, -0.05) is 15.9 Å². The average molecular weight is 257 g/mol. The highest BCUT2D eigenvalue weighted by Gasteiger charge is 1.98. The van der Waals surface area contributed by atoms with Crippen LogP contribution < -0.4 is 0 Å². The van der Waals surface area contributed by atoms with Crippen molar-refractivity contribution in [2.75, 3.05) is 7.11 Å². The van der Waals surface area contributed by atoms with Crippen molar-refractivity contribution in [1.29, 1.82) is 0 Å². The van der Waals surface area contributed by atoms with E-state index in [9.17, 15) is 9.90 Å². The summed E-state index contributed by atoms with van der Waals surface area (Å²) in [4.78, 5) is 10.8. The molecule has 0 aromatic heterocycles. The maximum Gasteiger partial charge on any atom is 0.330 e. The molecule has 1 aromatic carbocycles. The van der Waals surface area contributed by atoms with Gasteiger partial charge in [0.25, 0.3) is 0 Å². The number of halogens is 1. The molecule has 14 heavy (non-hydrogen) atoms. The molecule has 0 aliphatic carbocycles. The van der Waals surface area contributed by atoms with E-state index in [-0.39, 0.29) is 5.75 Å². The Morgan fingerprint density at radius 3 is 2.93 bits per heavy atom. The Labute approximate surface area is 90.1 Å². The number of hydrogen-bond acceptors (Lipinski definition) is 3. The summed E-state index contributed by atoms with van der Waals surface area (Å²) in [6.07, 6.45) is 2.86. The van der Waals surface area contributed by atoms with Crippen molar-refractivity contribution in [3.8, 4) is 5.75 Å². The van der Waals surface area contributed by atoms with E-state index < -0.39 is 5.97 Å². The third-order valence-corrected chi connectivity index (χ3v) is 2.30. The Hall–Kier alpha value is -1.29. The summed E-state index contributed by atoms with van der Waals surface area (Å²) < 4.78 is 5.24. The summed E-state index contributed by atoms with van der Waals surface area (Å²) in [5.41, 5.74) is 0.718. The first-order chi connectivity index (χ1) is 6.63. The van der Waals surface area contributed by atoms with Crippen LogP contribution in [0.4, 0.5) is 0 Å². The lowest BCUT2D eigenvalue weighted by molar-refractivity contribution is -0.134. The van der Waals surface area contributed by atoms with E-state index >= 15 is 0 Å². The van der Waals surface area contributed by atoms with Crippen molar-refractivity contribution in [3.05, 3.63) is 34.3 Å². The predicted octanol–water partition coefficient (Wildman–Crippen LogP) is 2.34. The highest BCUT2D eigenvalue weighted by atomic mass is 79.9. The van der Waals surface area contributed by atoms with E-state index in [1.165, 1.54) is 13.2 Å². The first-order valence-electron chi connectivity index (χ1n) is 3.88. The molecule has 0 amide bonds. The molecule has 0 aliphatic rings. The molecular formula is C10H9BrO3. The zero-order valence-corrected chi connectivity index (χ0v) is 9.11. The molecule has 0 unspecified atom stereocenters. The number of rotatable bonds is 2. The second kappa shape index (κ2) is 4.81. The zero-order valence-electron chi connectivity index (χ0n) is 7.53. The molecule has 0 aliphatic heterocycles. The summed E-state index contributed by atoms with van der Waals surface area (Å²) in [5.74, 6) is -0.280. The van der Waals surface area contributed by atoms with E-state index in [0.717, 1.165) is 10.0 Å². The van der Waals surface area contributed by atoms with Crippen LogP contribution in [0.2, 0.25) is 0 Å². The van der Waals surface area contributed by atoms with Gasteiger partial charge in [0.1, 0.15) is 5.75 Å². The number of carbonyl (C=O) groups excluding carboxylic acids is 1. The van der Waals surface area contributed by atoms with Crippen LogP contribution in [-0.2, 0) is 9.53 Å². The van der Waals surface area contributed by atoms with Gasteiger partial charge in [0.15, 0.2) is 0 Å². The van der Waals surface area contributed by atoms with Gasteiger partial charge in [0.2, 0.25) is 0 Å². The molecular weight excluding hydrogens is 248 g/mol. The monoisotopic (exact) mass is 256 g/mol. The lowest BCUT2D eigenvalue weighted by Gasteiger charge is -1.98. The number of carbonyl (C=O) groups is 1. The minimum absolute atomic E-state index is 0.151. The molecule has 74 valence electrons. The SMILES string of the molecule is COC(=O)C=Cc1cc(O)ccc1Br. The zero-order chi connectivity index (χ0) is 10.6. The molecule has 0 atom stereocenters. The van der Waals surface area contributed by atoms with Gasteiger partial charge in [-0.15, -0.1) is 0 Å². The van der Waals surface area contributed by atoms with Crippen molar-refractivity contribution in [1.82, 2.24) is 0 Å². The van der Waals surface area contributed by atoms with Gasteiger partial charge in [-0.25, -0.2) is 4.79 Å². The first kappa shape index (κ1) is 10.8. The van der Waals surface area contributed by atoms with Crippen LogP contribution >= 0.6 is 15.9 Å². The molecule has 1 N–H and O–H groups in total. The van der Waals surface area contributed by atoms with Crippen LogP contribution in [0.5, 0.6) is 5.75 Å². The van der Waals surface area contributed by atoms with Crippen LogP contribution in [0.15, 0.2) is 28.7 Å². The number of hydrogen-bond donors (Lipinski definition) is 1. The quantitative estimate of drug-likeness (QED) is 0.653. The van der Waals surface area contributed by atoms with E-state index in [0.29, 0.717) is 0 Å². The number of phenols is 1. The largest absolute Gasteiger partial charge is 0.508 e. The van der Waals surface area contributed by atoms with E-state index in [4.69, 9.17) is 0 Å². The number of benzene rings is 1. The maximum atomic E-state index is 10.8. The molecule has 0 saturated carbocycles. The molecule has 0 radical (unpaired) electrons. The fourth-order valence-corrected chi connectivity index (χ4v) is 1.26. The van der Waals surface area contributed by atoms with Gasteiger partial charge >= 0.3 is 5.97 Å². The lowest BCUT2D eigenvalue weighted by atomic mass is 10.2. The van der Waals surface area contributed by atoms with E-state index in [1.807, 2.05) is 0 Å². The van der Waals surface area contributed by atoms with Crippen LogP contribution in [0.3, 0.4) is 0 Å². The van der Waals surface area contributed by atoms with Gasteiger partial charge in [-0.3, -0.25) is 0 Å². The standard InChI is InChI=1S/C10H9BrO3/c1-14-10(13)5-2-7-6-8(12)3-4-9(7)11/h2-6,12H,1H3. The molecule has 0 bridgehead atoms. The predicted molar refractivity (Wildman–Crippen MR) is 56.9 cm³/mol. The maximum absolute atomic E-state index is 10.8. The Kier molecular flexibility index (Phi) is 3.71. The highest BCUT2D eigenvalue weighted by Crippen LogP contribution is 2.22. The molecule has 1 rings (SSSR count). The summed E-state index contributed by atoms with van der Waals surface area (Å²) in [6.45, 7) is 0. The number of phenolic OH excluding ortho intramolecular Hbond substituents is 1. The van der Waals surface area contributed by atoms with E-state index in [2.05, 4.69) is 20.7 Å². The van der Waals surface area contributed by atoms with Crippen molar-refractivity contribution in [2.24, 2.45) is 0 Å². The van der Waals surface area contributed by atoms with Gasteiger partial charge in [-0.05, 0) is 29.8 Å². The molecule has 0 spiro atoms. The van der Waals surface area contributed by atoms with Crippen LogP contribution in [0.25, 0.3) is 6.08 Å². The molecule has 4 heteroatoms. The fourth-order valence-electron chi connectivity index (χ4n) is 0.885. The minimum Gasteiger partial charge on any atom is -0.508 e. The average Bonchev–Trinajstić information content (AvgIpc) is 2.19. The van der Waals surface area contributed by atoms with Crippen LogP contribution in [0, 0.1) is 0 Å². The molecule has 0 fully saturated rings. The van der Waals surface area contributed by atoms with Crippen molar-refractivity contribution in [2.45, 2.75) is 0 Å². The smallest absolute Gasteiger partial charge is 0.330 e. The van der Waals surface area contributed by atoms with Gasteiger partial charge < -0.3 is 9.84 Å². The summed E-state index contributed by atoms with van der Waals surface area (Å²) >= 11 is 3.29. The Morgan fingerprint density at radius 2 is 2.29 bits per heavy atom. The summed E-state index contributed by atoms with van der Waals surface area (Å²) in [7, 11) is 1.31. The third kappa shape index (κ3) is 2.88. The lowest BCUT2D eigenvalue weighted by Crippen LogP contribution is -1.93. The second-order valence-electron chi connectivity index (χ2n) is 2.56. The van der Waals surface area contributed by atoms with Crippen molar-refractivity contribution >= 4 is 28.0 Å². The Balaban J connectivity index is 2.90. The van der Waals surface area contributed by atoms with Crippen LogP contribution in [-0.4, -0.2) is 18.2 Å². The molecule has 0 saturated heterocycles. The first-order valence-corrected chi connectivity index (χ1v) is 4.67. The third-order valence-electron chi connectivity index (χ3n) is 1.58. The fraction of sp³-hybridized carbons (Fsp3) is 0.100. The van der Waals surface area contributed by atoms with E-state index in [1.54, 1.807) is 24.3 Å². The molecule has 1 aromatic rings. The number of esters is 1. The van der Waals surface area contributed by atoms with Gasteiger partial charge in [0, 0.05) is 10.5 Å². The number of methoxy groups -OCH3 is 1. The van der Waals surface area contributed by atoms with Gasteiger partial charge in [0.05, 0.1) is 7.11 Å². The summed E-state index contributed by atoms with van der Waals surface area (Å²) in [6, 6.07) is 4.80. The Bertz CT molecular complexity index is 372.